The molecule has 0 aliphatic heterocycles. The Morgan fingerprint density at radius 2 is 2.00 bits per heavy atom. The highest BCUT2D eigenvalue weighted by Crippen LogP contribution is 2.18. The van der Waals surface area contributed by atoms with E-state index in [0.29, 0.717) is 0 Å². The van der Waals surface area contributed by atoms with E-state index >= 15 is 0 Å². The van der Waals surface area contributed by atoms with Gasteiger partial charge in [0.2, 0.25) is 0 Å². The molecular weight excluding hydrogens is 275 g/mol. The summed E-state index contributed by atoms with van der Waals surface area (Å²) in [6, 6.07) is 4.05. The number of benzene rings is 1. The normalized spacial score (nSPS) is 10.4. The zero-order valence-electron chi connectivity index (χ0n) is 11.8. The van der Waals surface area contributed by atoms with Crippen LogP contribution >= 0.6 is 0 Å². The number of rotatable bonds is 4. The maximum Gasteiger partial charge on any atom is 0.320 e. The number of halogens is 1. The SMILES string of the molecule is C=C(C)Cn1ccn(-c2ccc(OC)c(F)c2)c(=O)c1=O. The highest BCUT2D eigenvalue weighted by molar-refractivity contribution is 5.38. The number of hydrogen-bond acceptors (Lipinski definition) is 3. The van der Waals surface area contributed by atoms with E-state index in [2.05, 4.69) is 6.58 Å². The minimum atomic E-state index is -0.747. The summed E-state index contributed by atoms with van der Waals surface area (Å²) < 4.78 is 20.9. The lowest BCUT2D eigenvalue weighted by atomic mass is 10.3. The molecule has 0 saturated heterocycles. The van der Waals surface area contributed by atoms with Gasteiger partial charge in [-0.15, -0.1) is 0 Å². The smallest absolute Gasteiger partial charge is 0.320 e. The third kappa shape index (κ3) is 2.94. The molecular formula is C15H15FN2O3. The van der Waals surface area contributed by atoms with Crippen molar-refractivity contribution in [3.63, 3.8) is 0 Å². The number of methoxy groups -OCH3 is 1. The van der Waals surface area contributed by atoms with Gasteiger partial charge in [0.15, 0.2) is 11.6 Å². The van der Waals surface area contributed by atoms with E-state index in [1.54, 1.807) is 6.92 Å². The number of allylic oxidation sites excluding steroid dienone is 1. The van der Waals surface area contributed by atoms with Gasteiger partial charge in [-0.3, -0.25) is 14.2 Å². The number of aromatic nitrogens is 2. The molecule has 0 aliphatic rings. The van der Waals surface area contributed by atoms with Crippen LogP contribution in [0.4, 0.5) is 4.39 Å². The van der Waals surface area contributed by atoms with Crippen LogP contribution in [0.25, 0.3) is 5.69 Å². The highest BCUT2D eigenvalue weighted by atomic mass is 19.1. The average molecular weight is 290 g/mol. The summed E-state index contributed by atoms with van der Waals surface area (Å²) in [6.45, 7) is 5.73. The maximum absolute atomic E-state index is 13.7. The van der Waals surface area contributed by atoms with Gasteiger partial charge in [0.05, 0.1) is 12.8 Å². The van der Waals surface area contributed by atoms with Crippen LogP contribution in [0.15, 0.2) is 52.3 Å². The molecule has 21 heavy (non-hydrogen) atoms. The topological polar surface area (TPSA) is 53.2 Å². The Morgan fingerprint density at radius 3 is 2.57 bits per heavy atom. The van der Waals surface area contributed by atoms with Gasteiger partial charge in [0, 0.05) is 25.0 Å². The summed E-state index contributed by atoms with van der Waals surface area (Å²) in [6.07, 6.45) is 2.90. The highest BCUT2D eigenvalue weighted by Gasteiger charge is 2.09. The fourth-order valence-corrected chi connectivity index (χ4v) is 1.93. The number of nitrogens with zero attached hydrogens (tertiary/aromatic N) is 2. The van der Waals surface area contributed by atoms with Crippen molar-refractivity contribution in [1.82, 2.24) is 9.13 Å². The van der Waals surface area contributed by atoms with Crippen LogP contribution in [0.2, 0.25) is 0 Å². The molecule has 0 amide bonds. The minimum absolute atomic E-state index is 0.0717. The van der Waals surface area contributed by atoms with Crippen LogP contribution < -0.4 is 15.9 Å². The van der Waals surface area contributed by atoms with Crippen LogP contribution in [0.3, 0.4) is 0 Å². The van der Waals surface area contributed by atoms with E-state index in [4.69, 9.17) is 4.74 Å². The molecule has 110 valence electrons. The van der Waals surface area contributed by atoms with Crippen molar-refractivity contribution < 1.29 is 9.13 Å². The van der Waals surface area contributed by atoms with Gasteiger partial charge < -0.3 is 9.30 Å². The molecule has 0 bridgehead atoms. The zero-order chi connectivity index (χ0) is 15.6. The van der Waals surface area contributed by atoms with Gasteiger partial charge in [-0.2, -0.15) is 0 Å². The van der Waals surface area contributed by atoms with Crippen LogP contribution in [0.1, 0.15) is 6.92 Å². The first-order valence-electron chi connectivity index (χ1n) is 6.24. The summed E-state index contributed by atoms with van der Waals surface area (Å²) in [5.41, 5.74) is -0.414. The Kier molecular flexibility index (Phi) is 4.07. The second kappa shape index (κ2) is 5.78. The Balaban J connectivity index is 2.53. The quantitative estimate of drug-likeness (QED) is 0.636. The predicted molar refractivity (Wildman–Crippen MR) is 77.6 cm³/mol. The number of ether oxygens (including phenoxy) is 1. The minimum Gasteiger partial charge on any atom is -0.494 e. The van der Waals surface area contributed by atoms with Gasteiger partial charge in [-0.05, 0) is 19.1 Å². The van der Waals surface area contributed by atoms with Crippen LogP contribution in [0, 0.1) is 5.82 Å². The van der Waals surface area contributed by atoms with Crippen molar-refractivity contribution in [2.75, 3.05) is 7.11 Å². The van der Waals surface area contributed by atoms with Crippen LogP contribution in [-0.2, 0) is 6.54 Å². The second-order valence-electron chi connectivity index (χ2n) is 4.68. The van der Waals surface area contributed by atoms with Crippen molar-refractivity contribution in [3.05, 3.63) is 69.3 Å². The first-order chi connectivity index (χ1) is 9.93. The van der Waals surface area contributed by atoms with Gasteiger partial charge in [0.25, 0.3) is 0 Å². The average Bonchev–Trinajstić information content (AvgIpc) is 2.43. The summed E-state index contributed by atoms with van der Waals surface area (Å²) in [7, 11) is 1.35. The van der Waals surface area contributed by atoms with Gasteiger partial charge >= 0.3 is 11.1 Å². The summed E-state index contributed by atoms with van der Waals surface area (Å²) in [5.74, 6) is -0.532. The van der Waals surface area contributed by atoms with E-state index in [-0.39, 0.29) is 18.0 Å². The van der Waals surface area contributed by atoms with Crippen LogP contribution in [0.5, 0.6) is 5.75 Å². The van der Waals surface area contributed by atoms with Crippen LogP contribution in [-0.4, -0.2) is 16.2 Å². The third-order valence-corrected chi connectivity index (χ3v) is 2.91. The molecule has 0 fully saturated rings. The first-order valence-corrected chi connectivity index (χ1v) is 6.24. The lowest BCUT2D eigenvalue weighted by Gasteiger charge is -2.10. The molecule has 5 nitrogen and oxygen atoms in total. The maximum atomic E-state index is 13.7. The molecule has 1 aromatic carbocycles. The standard InChI is InChI=1S/C15H15FN2O3/c1-10(2)9-17-6-7-18(15(20)14(17)19)11-4-5-13(21-3)12(16)8-11/h4-8H,1,9H2,2-3H3. The molecule has 6 heteroatoms. The zero-order valence-corrected chi connectivity index (χ0v) is 11.8. The Labute approximate surface area is 120 Å². The van der Waals surface area contributed by atoms with Crippen molar-refractivity contribution >= 4 is 0 Å². The lowest BCUT2D eigenvalue weighted by molar-refractivity contribution is 0.386. The molecule has 1 heterocycles. The van der Waals surface area contributed by atoms with E-state index < -0.39 is 16.9 Å². The third-order valence-electron chi connectivity index (χ3n) is 2.91. The molecule has 0 radical (unpaired) electrons. The first kappa shape index (κ1) is 14.8. The van der Waals surface area contributed by atoms with Crippen molar-refractivity contribution in [1.29, 1.82) is 0 Å². The summed E-state index contributed by atoms with van der Waals surface area (Å²) in [4.78, 5) is 24.1. The molecule has 0 aliphatic carbocycles. The van der Waals surface area contributed by atoms with Gasteiger partial charge in [-0.1, -0.05) is 12.2 Å². The van der Waals surface area contributed by atoms with Gasteiger partial charge in [0.1, 0.15) is 0 Å². The summed E-state index contributed by atoms with van der Waals surface area (Å²) >= 11 is 0. The number of hydrogen-bond donors (Lipinski definition) is 0. The Hall–Kier alpha value is -2.63. The molecule has 0 N–H and O–H groups in total. The Morgan fingerprint density at radius 1 is 1.29 bits per heavy atom. The second-order valence-corrected chi connectivity index (χ2v) is 4.68. The lowest BCUT2D eigenvalue weighted by Crippen LogP contribution is -2.40. The largest absolute Gasteiger partial charge is 0.494 e. The molecule has 0 spiro atoms. The fourth-order valence-electron chi connectivity index (χ4n) is 1.93. The molecule has 2 rings (SSSR count). The van der Waals surface area contributed by atoms with E-state index in [1.807, 2.05) is 0 Å². The molecule has 0 saturated carbocycles. The molecule has 0 unspecified atom stereocenters. The molecule has 0 atom stereocenters. The van der Waals surface area contributed by atoms with Gasteiger partial charge in [-0.25, -0.2) is 4.39 Å². The van der Waals surface area contributed by atoms with E-state index in [1.165, 1.54) is 36.2 Å². The predicted octanol–water partition coefficient (Wildman–Crippen LogP) is 1.72. The van der Waals surface area contributed by atoms with Crippen molar-refractivity contribution in [3.8, 4) is 11.4 Å². The fraction of sp³-hybridized carbons (Fsp3) is 0.200. The van der Waals surface area contributed by atoms with Crippen molar-refractivity contribution in [2.24, 2.45) is 0 Å². The van der Waals surface area contributed by atoms with Crippen molar-refractivity contribution in [2.45, 2.75) is 13.5 Å². The van der Waals surface area contributed by atoms with E-state index in [9.17, 15) is 14.0 Å². The van der Waals surface area contributed by atoms with E-state index in [0.717, 1.165) is 16.2 Å². The summed E-state index contributed by atoms with van der Waals surface area (Å²) in [5, 5.41) is 0. The monoisotopic (exact) mass is 290 g/mol. The molecule has 2 aromatic rings. The Bertz CT molecular complexity index is 805. The molecule has 1 aromatic heterocycles.